The Morgan fingerprint density at radius 1 is 1.17 bits per heavy atom. The SMILES string of the molecule is O=C(CN1CCCC1)N[C@@H]1CCC[C@@H](Oc2ccccc2)[C@@H]1O. The van der Waals surface area contributed by atoms with Crippen LogP contribution in [0, 0.1) is 0 Å². The number of benzene rings is 1. The number of aliphatic hydroxyl groups excluding tert-OH is 1. The molecule has 23 heavy (non-hydrogen) atoms. The van der Waals surface area contributed by atoms with Gasteiger partial charge in [-0.2, -0.15) is 0 Å². The van der Waals surface area contributed by atoms with Crippen molar-refractivity contribution in [2.75, 3.05) is 19.6 Å². The molecule has 0 aromatic heterocycles. The van der Waals surface area contributed by atoms with Crippen LogP contribution in [0.25, 0.3) is 0 Å². The molecule has 0 unspecified atom stereocenters. The number of carbonyl (C=O) groups is 1. The van der Waals surface area contributed by atoms with E-state index >= 15 is 0 Å². The van der Waals surface area contributed by atoms with E-state index in [1.165, 1.54) is 12.8 Å². The lowest BCUT2D eigenvalue weighted by molar-refractivity contribution is -0.125. The highest BCUT2D eigenvalue weighted by atomic mass is 16.5. The molecule has 1 aromatic rings. The molecule has 1 saturated carbocycles. The third-order valence-corrected chi connectivity index (χ3v) is 4.74. The zero-order valence-corrected chi connectivity index (χ0v) is 13.5. The maximum atomic E-state index is 12.2. The topological polar surface area (TPSA) is 61.8 Å². The highest BCUT2D eigenvalue weighted by Gasteiger charge is 2.34. The molecule has 5 nitrogen and oxygen atoms in total. The first-order valence-corrected chi connectivity index (χ1v) is 8.64. The molecule has 1 aliphatic heterocycles. The number of aliphatic hydroxyl groups is 1. The number of para-hydroxylation sites is 1. The van der Waals surface area contributed by atoms with Gasteiger partial charge in [0.05, 0.1) is 12.6 Å². The van der Waals surface area contributed by atoms with E-state index in [1.54, 1.807) is 0 Å². The summed E-state index contributed by atoms with van der Waals surface area (Å²) in [6, 6.07) is 9.34. The average molecular weight is 318 g/mol. The quantitative estimate of drug-likeness (QED) is 0.865. The highest BCUT2D eigenvalue weighted by Crippen LogP contribution is 2.24. The summed E-state index contributed by atoms with van der Waals surface area (Å²) in [7, 11) is 0. The van der Waals surface area contributed by atoms with Crippen LogP contribution < -0.4 is 10.1 Å². The largest absolute Gasteiger partial charge is 0.488 e. The van der Waals surface area contributed by atoms with Gasteiger partial charge in [-0.3, -0.25) is 9.69 Å². The van der Waals surface area contributed by atoms with Crippen LogP contribution in [0.5, 0.6) is 5.75 Å². The van der Waals surface area contributed by atoms with Crippen LogP contribution in [0.1, 0.15) is 32.1 Å². The third-order valence-electron chi connectivity index (χ3n) is 4.74. The molecule has 1 amide bonds. The van der Waals surface area contributed by atoms with E-state index in [1.807, 2.05) is 30.3 Å². The second-order valence-electron chi connectivity index (χ2n) is 6.55. The summed E-state index contributed by atoms with van der Waals surface area (Å²) in [6.45, 7) is 2.44. The molecule has 1 saturated heterocycles. The van der Waals surface area contributed by atoms with Crippen LogP contribution in [0.4, 0.5) is 0 Å². The van der Waals surface area contributed by atoms with Gasteiger partial charge in [0.15, 0.2) is 0 Å². The van der Waals surface area contributed by atoms with Gasteiger partial charge in [0.1, 0.15) is 18.0 Å². The van der Waals surface area contributed by atoms with Crippen LogP contribution in [0.2, 0.25) is 0 Å². The van der Waals surface area contributed by atoms with E-state index in [4.69, 9.17) is 4.74 Å². The fourth-order valence-electron chi connectivity index (χ4n) is 3.50. The normalized spacial score (nSPS) is 28.5. The highest BCUT2D eigenvalue weighted by molar-refractivity contribution is 5.78. The van der Waals surface area contributed by atoms with Crippen molar-refractivity contribution in [3.63, 3.8) is 0 Å². The monoisotopic (exact) mass is 318 g/mol. The number of carbonyl (C=O) groups excluding carboxylic acids is 1. The van der Waals surface area contributed by atoms with Gasteiger partial charge in [-0.15, -0.1) is 0 Å². The van der Waals surface area contributed by atoms with Crippen LogP contribution >= 0.6 is 0 Å². The Hall–Kier alpha value is -1.59. The second kappa shape index (κ2) is 7.79. The number of hydrogen-bond acceptors (Lipinski definition) is 4. The van der Waals surface area contributed by atoms with Crippen LogP contribution in [0.15, 0.2) is 30.3 Å². The Kier molecular flexibility index (Phi) is 5.51. The summed E-state index contributed by atoms with van der Waals surface area (Å²) in [5.41, 5.74) is 0. The third kappa shape index (κ3) is 4.45. The van der Waals surface area contributed by atoms with E-state index in [2.05, 4.69) is 10.2 Å². The zero-order valence-electron chi connectivity index (χ0n) is 13.5. The minimum atomic E-state index is -0.661. The predicted molar refractivity (Wildman–Crippen MR) is 88.3 cm³/mol. The molecular formula is C18H26N2O3. The summed E-state index contributed by atoms with van der Waals surface area (Å²) < 4.78 is 5.90. The summed E-state index contributed by atoms with van der Waals surface area (Å²) in [5.74, 6) is 0.775. The van der Waals surface area contributed by atoms with Crippen molar-refractivity contribution < 1.29 is 14.6 Å². The number of amides is 1. The van der Waals surface area contributed by atoms with Gasteiger partial charge in [-0.1, -0.05) is 18.2 Å². The standard InChI is InChI=1S/C18H26N2O3/c21-17(13-20-11-4-5-12-20)19-15-9-6-10-16(18(15)22)23-14-7-2-1-3-8-14/h1-3,7-8,15-16,18,22H,4-6,9-13H2,(H,19,21)/t15-,16-,18-/m1/s1. The molecule has 0 bridgehead atoms. The lowest BCUT2D eigenvalue weighted by Crippen LogP contribution is -2.54. The minimum absolute atomic E-state index is 0.0105. The first-order chi connectivity index (χ1) is 11.2. The second-order valence-corrected chi connectivity index (χ2v) is 6.55. The number of nitrogens with one attached hydrogen (secondary N) is 1. The van der Waals surface area contributed by atoms with Crippen molar-refractivity contribution in [1.29, 1.82) is 0 Å². The van der Waals surface area contributed by atoms with Crippen molar-refractivity contribution >= 4 is 5.91 Å². The molecular weight excluding hydrogens is 292 g/mol. The van der Waals surface area contributed by atoms with Gasteiger partial charge in [-0.25, -0.2) is 0 Å². The van der Waals surface area contributed by atoms with Crippen LogP contribution in [0.3, 0.4) is 0 Å². The Balaban J connectivity index is 1.52. The van der Waals surface area contributed by atoms with E-state index in [9.17, 15) is 9.90 Å². The molecule has 0 spiro atoms. The van der Waals surface area contributed by atoms with E-state index in [0.717, 1.165) is 38.1 Å². The van der Waals surface area contributed by atoms with Crippen LogP contribution in [-0.2, 0) is 4.79 Å². The minimum Gasteiger partial charge on any atom is -0.488 e. The summed E-state index contributed by atoms with van der Waals surface area (Å²) in [6.07, 6.45) is 3.99. The molecule has 2 fully saturated rings. The Morgan fingerprint density at radius 2 is 1.91 bits per heavy atom. The molecule has 3 rings (SSSR count). The predicted octanol–water partition coefficient (Wildman–Crippen LogP) is 1.56. The molecule has 5 heteroatoms. The maximum absolute atomic E-state index is 12.2. The van der Waals surface area contributed by atoms with Crippen molar-refractivity contribution in [2.45, 2.75) is 50.4 Å². The summed E-state index contributed by atoms with van der Waals surface area (Å²) in [5, 5.41) is 13.5. The Bertz CT molecular complexity index is 502. The molecule has 2 aliphatic rings. The molecule has 3 atom stereocenters. The van der Waals surface area contributed by atoms with Crippen LogP contribution in [-0.4, -0.2) is 53.8 Å². The summed E-state index contributed by atoms with van der Waals surface area (Å²) in [4.78, 5) is 14.3. The van der Waals surface area contributed by atoms with E-state index in [-0.39, 0.29) is 18.1 Å². The molecule has 2 N–H and O–H groups in total. The zero-order chi connectivity index (χ0) is 16.1. The van der Waals surface area contributed by atoms with E-state index < -0.39 is 6.10 Å². The molecule has 1 aliphatic carbocycles. The number of ether oxygens (including phenoxy) is 1. The summed E-state index contributed by atoms with van der Waals surface area (Å²) >= 11 is 0. The fourth-order valence-corrected chi connectivity index (χ4v) is 3.50. The van der Waals surface area contributed by atoms with Gasteiger partial charge in [0.2, 0.25) is 5.91 Å². The number of likely N-dealkylation sites (tertiary alicyclic amines) is 1. The molecule has 126 valence electrons. The number of hydrogen-bond donors (Lipinski definition) is 2. The first kappa shape index (κ1) is 16.3. The smallest absolute Gasteiger partial charge is 0.234 e. The Morgan fingerprint density at radius 3 is 2.65 bits per heavy atom. The molecule has 1 heterocycles. The van der Waals surface area contributed by atoms with Crippen molar-refractivity contribution in [3.05, 3.63) is 30.3 Å². The van der Waals surface area contributed by atoms with Gasteiger partial charge in [0.25, 0.3) is 0 Å². The van der Waals surface area contributed by atoms with Crippen molar-refractivity contribution in [1.82, 2.24) is 10.2 Å². The lowest BCUT2D eigenvalue weighted by atomic mass is 9.89. The van der Waals surface area contributed by atoms with Gasteiger partial charge < -0.3 is 15.2 Å². The van der Waals surface area contributed by atoms with Gasteiger partial charge >= 0.3 is 0 Å². The number of rotatable bonds is 5. The van der Waals surface area contributed by atoms with Gasteiger partial charge in [0, 0.05) is 0 Å². The number of nitrogens with zero attached hydrogens (tertiary/aromatic N) is 1. The Labute approximate surface area is 137 Å². The van der Waals surface area contributed by atoms with Crippen molar-refractivity contribution in [2.24, 2.45) is 0 Å². The maximum Gasteiger partial charge on any atom is 0.234 e. The average Bonchev–Trinajstić information content (AvgIpc) is 3.05. The first-order valence-electron chi connectivity index (χ1n) is 8.64. The lowest BCUT2D eigenvalue weighted by Gasteiger charge is -2.35. The van der Waals surface area contributed by atoms with Gasteiger partial charge in [-0.05, 0) is 57.3 Å². The van der Waals surface area contributed by atoms with E-state index in [0.29, 0.717) is 6.54 Å². The molecule has 1 aromatic carbocycles. The fraction of sp³-hybridized carbons (Fsp3) is 0.611. The molecule has 0 radical (unpaired) electrons. The van der Waals surface area contributed by atoms with Crippen molar-refractivity contribution in [3.8, 4) is 5.75 Å².